The fourth-order valence-corrected chi connectivity index (χ4v) is 1.41. The van der Waals surface area contributed by atoms with Gasteiger partial charge >= 0.3 is 11.9 Å². The van der Waals surface area contributed by atoms with E-state index in [1.54, 1.807) is 6.92 Å². The van der Waals surface area contributed by atoms with Gasteiger partial charge in [-0.1, -0.05) is 13.2 Å². The number of quaternary nitrogens is 1. The maximum Gasteiger partial charge on any atom is 0.333 e. The van der Waals surface area contributed by atoms with Crippen LogP contribution < -0.4 is 12.4 Å². The van der Waals surface area contributed by atoms with E-state index in [1.807, 2.05) is 0 Å². The maximum absolute atomic E-state index is 11.1. The van der Waals surface area contributed by atoms with Crippen LogP contribution in [0.15, 0.2) is 24.8 Å². The van der Waals surface area contributed by atoms with Crippen LogP contribution in [0.25, 0.3) is 0 Å². The van der Waals surface area contributed by atoms with Crippen molar-refractivity contribution in [1.82, 2.24) is 0 Å². The fourth-order valence-electron chi connectivity index (χ4n) is 1.41. The van der Waals surface area contributed by atoms with Gasteiger partial charge in [-0.25, -0.2) is 9.59 Å². The number of epoxide rings is 1. The van der Waals surface area contributed by atoms with E-state index in [1.165, 1.54) is 7.11 Å². The predicted molar refractivity (Wildman–Crippen MR) is 79.6 cm³/mol. The highest BCUT2D eigenvalue weighted by Crippen LogP contribution is 2.13. The van der Waals surface area contributed by atoms with E-state index in [4.69, 9.17) is 9.47 Å². The number of nitrogens with zero attached hydrogens (tertiary/aromatic N) is 1. The largest absolute Gasteiger partial charge is 1.00 e. The van der Waals surface area contributed by atoms with Gasteiger partial charge in [0.1, 0.15) is 25.8 Å². The molecule has 0 aromatic carbocycles. The van der Waals surface area contributed by atoms with E-state index >= 15 is 0 Å². The van der Waals surface area contributed by atoms with E-state index in [9.17, 15) is 9.59 Å². The Balaban J connectivity index is 0. The highest BCUT2D eigenvalue weighted by atomic mass is 35.5. The quantitative estimate of drug-likeness (QED) is 0.231. The van der Waals surface area contributed by atoms with Crippen LogP contribution >= 0.6 is 0 Å². The molecule has 1 saturated heterocycles. The van der Waals surface area contributed by atoms with Crippen LogP contribution in [0.5, 0.6) is 0 Å². The lowest BCUT2D eigenvalue weighted by atomic mass is 10.3. The van der Waals surface area contributed by atoms with Crippen molar-refractivity contribution in [3.8, 4) is 0 Å². The van der Waals surface area contributed by atoms with Crippen molar-refractivity contribution in [2.75, 3.05) is 47.5 Å². The number of halogens is 1. The monoisotopic (exact) mass is 335 g/mol. The standard InChI is InChI=1S/C11H20NO3.C4H6O2.ClH/c1-9(2)11(13)14-6-5-12(3,4)7-10-8-15-10;1-3-4(5)6-2;/h10H,1,5-8H2,2-4H3;3H,1H2,2H3;1H/q+1;;/p-1. The van der Waals surface area contributed by atoms with Crippen LogP contribution in [0, 0.1) is 0 Å². The lowest BCUT2D eigenvalue weighted by molar-refractivity contribution is -0.890. The predicted octanol–water partition coefficient (Wildman–Crippen LogP) is -2.07. The maximum atomic E-state index is 11.1. The van der Waals surface area contributed by atoms with Crippen molar-refractivity contribution in [3.05, 3.63) is 24.8 Å². The number of rotatable bonds is 7. The number of hydrogen-bond acceptors (Lipinski definition) is 5. The minimum atomic E-state index is -0.394. The van der Waals surface area contributed by atoms with Crippen molar-refractivity contribution in [1.29, 1.82) is 0 Å². The fraction of sp³-hybridized carbons (Fsp3) is 0.600. The Bertz CT molecular complexity index is 391. The molecule has 128 valence electrons. The number of ether oxygens (including phenoxy) is 3. The van der Waals surface area contributed by atoms with E-state index < -0.39 is 5.97 Å². The highest BCUT2D eigenvalue weighted by Gasteiger charge is 2.31. The van der Waals surface area contributed by atoms with Gasteiger partial charge in [-0.2, -0.15) is 0 Å². The molecule has 1 rings (SSSR count). The Hall–Kier alpha value is -1.37. The topological polar surface area (TPSA) is 65.1 Å². The first-order valence-electron chi connectivity index (χ1n) is 6.68. The second-order valence-electron chi connectivity index (χ2n) is 5.44. The molecule has 1 atom stereocenters. The normalized spacial score (nSPS) is 15.4. The van der Waals surface area contributed by atoms with Gasteiger partial charge in [-0.3, -0.25) is 0 Å². The van der Waals surface area contributed by atoms with Gasteiger partial charge in [0.2, 0.25) is 0 Å². The number of hydrogen-bond donors (Lipinski definition) is 0. The molecule has 1 fully saturated rings. The number of methoxy groups -OCH3 is 1. The molecule has 0 radical (unpaired) electrons. The summed E-state index contributed by atoms with van der Waals surface area (Å²) in [4.78, 5) is 21.0. The molecule has 1 unspecified atom stereocenters. The second kappa shape index (κ2) is 11.2. The molecule has 1 aliphatic rings. The molecule has 0 spiro atoms. The Morgan fingerprint density at radius 3 is 2.27 bits per heavy atom. The van der Waals surface area contributed by atoms with Crippen LogP contribution in [0.2, 0.25) is 0 Å². The molecular weight excluding hydrogens is 310 g/mol. The second-order valence-corrected chi connectivity index (χ2v) is 5.44. The lowest BCUT2D eigenvalue weighted by Crippen LogP contribution is -3.00. The summed E-state index contributed by atoms with van der Waals surface area (Å²) >= 11 is 0. The molecule has 0 saturated carbocycles. The minimum Gasteiger partial charge on any atom is -1.00 e. The van der Waals surface area contributed by atoms with E-state index in [0.29, 0.717) is 18.3 Å². The number of likely N-dealkylation sites (N-methyl/N-ethyl adjacent to an activating group) is 1. The van der Waals surface area contributed by atoms with Gasteiger partial charge in [-0.15, -0.1) is 0 Å². The van der Waals surface area contributed by atoms with Crippen molar-refractivity contribution < 1.29 is 40.7 Å². The third kappa shape index (κ3) is 12.4. The molecule has 1 aliphatic heterocycles. The average Bonchev–Trinajstić information content (AvgIpc) is 3.21. The van der Waals surface area contributed by atoms with E-state index in [0.717, 1.165) is 30.3 Å². The summed E-state index contributed by atoms with van der Waals surface area (Å²) in [5.74, 6) is -0.701. The van der Waals surface area contributed by atoms with Crippen LogP contribution in [0.4, 0.5) is 0 Å². The van der Waals surface area contributed by atoms with Crippen molar-refractivity contribution in [2.45, 2.75) is 13.0 Å². The molecule has 1 heterocycles. The average molecular weight is 336 g/mol. The number of carbonyl (C=O) groups is 2. The van der Waals surface area contributed by atoms with Gasteiger partial charge < -0.3 is 31.1 Å². The molecule has 0 aromatic rings. The third-order valence-electron chi connectivity index (χ3n) is 2.75. The van der Waals surface area contributed by atoms with Gasteiger partial charge in [-0.05, 0) is 6.92 Å². The summed E-state index contributed by atoms with van der Waals surface area (Å²) in [6, 6.07) is 0. The zero-order valence-electron chi connectivity index (χ0n) is 13.8. The van der Waals surface area contributed by atoms with E-state index in [-0.39, 0.29) is 18.4 Å². The first-order chi connectivity index (χ1) is 9.71. The lowest BCUT2D eigenvalue weighted by Gasteiger charge is -2.28. The molecule has 0 aliphatic carbocycles. The molecule has 0 bridgehead atoms. The molecule has 7 heteroatoms. The summed E-state index contributed by atoms with van der Waals surface area (Å²) in [7, 11) is 5.52. The Kier molecular flexibility index (Phi) is 11.7. The number of esters is 2. The van der Waals surface area contributed by atoms with Crippen molar-refractivity contribution >= 4 is 11.9 Å². The molecule has 0 N–H and O–H groups in total. The molecule has 0 aromatic heterocycles. The van der Waals surface area contributed by atoms with E-state index in [2.05, 4.69) is 32.0 Å². The third-order valence-corrected chi connectivity index (χ3v) is 2.75. The van der Waals surface area contributed by atoms with Crippen LogP contribution in [0.3, 0.4) is 0 Å². The summed E-state index contributed by atoms with van der Waals surface area (Å²) in [5, 5.41) is 0. The molecular formula is C15H26ClNO5. The zero-order valence-corrected chi connectivity index (χ0v) is 14.5. The molecule has 6 nitrogen and oxygen atoms in total. The van der Waals surface area contributed by atoms with Crippen LogP contribution in [-0.2, 0) is 23.8 Å². The summed E-state index contributed by atoms with van der Waals surface area (Å²) in [6.07, 6.45) is 1.51. The summed E-state index contributed by atoms with van der Waals surface area (Å²) in [5.41, 5.74) is 0.450. The molecule has 0 amide bonds. The Morgan fingerprint density at radius 1 is 1.41 bits per heavy atom. The van der Waals surface area contributed by atoms with Crippen molar-refractivity contribution in [3.63, 3.8) is 0 Å². The SMILES string of the molecule is C=C(C)C(=O)OCC[N+](C)(C)CC1CO1.C=CC(=O)OC.[Cl-]. The Labute approximate surface area is 138 Å². The summed E-state index contributed by atoms with van der Waals surface area (Å²) in [6.45, 7) is 11.4. The summed E-state index contributed by atoms with van der Waals surface area (Å²) < 4.78 is 15.2. The smallest absolute Gasteiger partial charge is 0.333 e. The molecule has 22 heavy (non-hydrogen) atoms. The first kappa shape index (κ1) is 22.9. The van der Waals surface area contributed by atoms with Crippen LogP contribution in [0.1, 0.15) is 6.92 Å². The minimum absolute atomic E-state index is 0. The van der Waals surface area contributed by atoms with Gasteiger partial charge in [0, 0.05) is 11.6 Å². The van der Waals surface area contributed by atoms with Gasteiger partial charge in [0.25, 0.3) is 0 Å². The van der Waals surface area contributed by atoms with Gasteiger partial charge in [0.05, 0.1) is 27.8 Å². The highest BCUT2D eigenvalue weighted by molar-refractivity contribution is 5.86. The Morgan fingerprint density at radius 2 is 1.95 bits per heavy atom. The first-order valence-corrected chi connectivity index (χ1v) is 6.68. The van der Waals surface area contributed by atoms with Crippen molar-refractivity contribution in [2.24, 2.45) is 0 Å². The van der Waals surface area contributed by atoms with Crippen LogP contribution in [-0.4, -0.2) is 70.0 Å². The zero-order chi connectivity index (χ0) is 16.5. The van der Waals surface area contributed by atoms with Gasteiger partial charge in [0.15, 0.2) is 0 Å². The number of carbonyl (C=O) groups excluding carboxylic acids is 2.